The van der Waals surface area contributed by atoms with Crippen LogP contribution in [0.5, 0.6) is 5.75 Å². The highest BCUT2D eigenvalue weighted by Crippen LogP contribution is 2.35. The number of rotatable bonds is 2. The van der Waals surface area contributed by atoms with Gasteiger partial charge in [0.25, 0.3) is 0 Å². The third-order valence-electron chi connectivity index (χ3n) is 2.19. The van der Waals surface area contributed by atoms with Crippen molar-refractivity contribution >= 4 is 15.9 Å². The number of halogens is 1. The molecule has 0 radical (unpaired) electrons. The summed E-state index contributed by atoms with van der Waals surface area (Å²) in [7, 11) is 1.61. The maximum atomic E-state index is 10.0. The average Bonchev–Trinajstić information content (AvgIpc) is 2.07. The summed E-state index contributed by atoms with van der Waals surface area (Å²) in [6, 6.07) is 3.77. The zero-order valence-electron chi connectivity index (χ0n) is 8.89. The third kappa shape index (κ3) is 2.10. The fourth-order valence-corrected chi connectivity index (χ4v) is 1.92. The van der Waals surface area contributed by atoms with E-state index in [1.165, 1.54) is 0 Å². The van der Waals surface area contributed by atoms with E-state index in [1.54, 1.807) is 21.0 Å². The normalized spacial score (nSPS) is 11.6. The molecule has 2 nitrogen and oxygen atoms in total. The molecular formula is C11H15BrO2. The summed E-state index contributed by atoms with van der Waals surface area (Å²) in [6.07, 6.45) is 0. The molecule has 1 N–H and O–H groups in total. The molecule has 14 heavy (non-hydrogen) atoms. The van der Waals surface area contributed by atoms with Crippen LogP contribution in [0.15, 0.2) is 16.6 Å². The zero-order chi connectivity index (χ0) is 10.9. The maximum absolute atomic E-state index is 10.0. The molecule has 1 rings (SSSR count). The van der Waals surface area contributed by atoms with Gasteiger partial charge in [0.2, 0.25) is 0 Å². The Bertz CT molecular complexity index is 340. The van der Waals surface area contributed by atoms with Crippen LogP contribution in [0.2, 0.25) is 0 Å². The molecule has 1 aromatic carbocycles. The fourth-order valence-electron chi connectivity index (χ4n) is 1.59. The van der Waals surface area contributed by atoms with Crippen LogP contribution in [0.1, 0.15) is 25.0 Å². The summed E-state index contributed by atoms with van der Waals surface area (Å²) in [5.74, 6) is 0.721. The lowest BCUT2D eigenvalue weighted by Gasteiger charge is -2.23. The van der Waals surface area contributed by atoms with Crippen LogP contribution in [0.4, 0.5) is 0 Å². The maximum Gasteiger partial charge on any atom is 0.125 e. The van der Waals surface area contributed by atoms with Crippen molar-refractivity contribution in [2.75, 3.05) is 7.11 Å². The first-order valence-electron chi connectivity index (χ1n) is 4.44. The quantitative estimate of drug-likeness (QED) is 0.884. The van der Waals surface area contributed by atoms with Gasteiger partial charge in [-0.25, -0.2) is 0 Å². The van der Waals surface area contributed by atoms with Gasteiger partial charge in [0, 0.05) is 10.0 Å². The molecule has 1 aromatic rings. The van der Waals surface area contributed by atoms with Crippen LogP contribution in [0.3, 0.4) is 0 Å². The van der Waals surface area contributed by atoms with Gasteiger partial charge in [0.1, 0.15) is 5.75 Å². The van der Waals surface area contributed by atoms with E-state index in [2.05, 4.69) is 15.9 Å². The summed E-state index contributed by atoms with van der Waals surface area (Å²) in [5.41, 5.74) is 0.949. The smallest absolute Gasteiger partial charge is 0.125 e. The lowest BCUT2D eigenvalue weighted by Crippen LogP contribution is -2.18. The topological polar surface area (TPSA) is 29.5 Å². The summed E-state index contributed by atoms with van der Waals surface area (Å²) >= 11 is 3.44. The molecule has 0 saturated heterocycles. The second kappa shape index (κ2) is 3.91. The Kier molecular flexibility index (Phi) is 3.22. The summed E-state index contributed by atoms with van der Waals surface area (Å²) in [4.78, 5) is 0. The third-order valence-corrected chi connectivity index (χ3v) is 3.05. The first-order valence-corrected chi connectivity index (χ1v) is 5.23. The number of aliphatic hydroxyl groups is 1. The van der Waals surface area contributed by atoms with E-state index in [-0.39, 0.29) is 0 Å². The zero-order valence-corrected chi connectivity index (χ0v) is 10.5. The molecule has 0 heterocycles. The lowest BCUT2D eigenvalue weighted by molar-refractivity contribution is 0.0749. The van der Waals surface area contributed by atoms with E-state index >= 15 is 0 Å². The minimum absolute atomic E-state index is 0.721. The Hall–Kier alpha value is -0.540. The number of ether oxygens (including phenoxy) is 1. The Balaban J connectivity index is 3.44. The molecule has 0 spiro atoms. The van der Waals surface area contributed by atoms with Crippen molar-refractivity contribution in [3.63, 3.8) is 0 Å². The van der Waals surface area contributed by atoms with E-state index in [9.17, 15) is 5.11 Å². The van der Waals surface area contributed by atoms with Crippen LogP contribution < -0.4 is 4.74 Å². The Morgan fingerprint density at radius 1 is 1.36 bits per heavy atom. The summed E-state index contributed by atoms with van der Waals surface area (Å²) in [6.45, 7) is 5.47. The first kappa shape index (κ1) is 11.5. The molecule has 0 fully saturated rings. The van der Waals surface area contributed by atoms with Gasteiger partial charge in [-0.2, -0.15) is 0 Å². The van der Waals surface area contributed by atoms with E-state index in [4.69, 9.17) is 4.74 Å². The molecule has 0 aromatic heterocycles. The molecule has 0 atom stereocenters. The van der Waals surface area contributed by atoms with Crippen LogP contribution in [-0.2, 0) is 5.60 Å². The first-order chi connectivity index (χ1) is 6.38. The number of hydrogen-bond donors (Lipinski definition) is 1. The van der Waals surface area contributed by atoms with E-state index in [1.807, 2.05) is 19.1 Å². The highest BCUT2D eigenvalue weighted by atomic mass is 79.9. The molecule has 0 aliphatic rings. The van der Waals surface area contributed by atoms with Gasteiger partial charge in [-0.1, -0.05) is 15.9 Å². The van der Waals surface area contributed by atoms with Crippen molar-refractivity contribution in [1.82, 2.24) is 0 Å². The molecule has 0 unspecified atom stereocenters. The summed E-state index contributed by atoms with van der Waals surface area (Å²) < 4.78 is 6.21. The molecule has 0 saturated carbocycles. The molecule has 0 aliphatic carbocycles. The second-order valence-corrected chi connectivity index (χ2v) is 4.66. The van der Waals surface area contributed by atoms with Crippen LogP contribution in [-0.4, -0.2) is 12.2 Å². The number of methoxy groups -OCH3 is 1. The van der Waals surface area contributed by atoms with E-state index < -0.39 is 5.60 Å². The van der Waals surface area contributed by atoms with Gasteiger partial charge in [0.05, 0.1) is 12.7 Å². The van der Waals surface area contributed by atoms with E-state index in [0.717, 1.165) is 21.3 Å². The van der Waals surface area contributed by atoms with Gasteiger partial charge in [0.15, 0.2) is 0 Å². The van der Waals surface area contributed by atoms with Crippen LogP contribution in [0, 0.1) is 6.92 Å². The van der Waals surface area contributed by atoms with Gasteiger partial charge in [-0.3, -0.25) is 0 Å². The monoisotopic (exact) mass is 258 g/mol. The van der Waals surface area contributed by atoms with Crippen molar-refractivity contribution in [1.29, 1.82) is 0 Å². The molecule has 0 aliphatic heterocycles. The lowest BCUT2D eigenvalue weighted by atomic mass is 9.93. The Morgan fingerprint density at radius 3 is 2.36 bits per heavy atom. The standard InChI is InChI=1S/C11H15BrO2/c1-7-8(12)5-6-9(14-4)10(7)11(2,3)13/h5-6,13H,1-4H3. The molecule has 78 valence electrons. The second-order valence-electron chi connectivity index (χ2n) is 3.81. The minimum Gasteiger partial charge on any atom is -0.496 e. The fraction of sp³-hybridized carbons (Fsp3) is 0.455. The van der Waals surface area contributed by atoms with Crippen molar-refractivity contribution in [2.24, 2.45) is 0 Å². The predicted molar refractivity (Wildman–Crippen MR) is 60.7 cm³/mol. The average molecular weight is 259 g/mol. The molecular weight excluding hydrogens is 244 g/mol. The van der Waals surface area contributed by atoms with Crippen molar-refractivity contribution < 1.29 is 9.84 Å². The van der Waals surface area contributed by atoms with Gasteiger partial charge < -0.3 is 9.84 Å². The van der Waals surface area contributed by atoms with Crippen LogP contribution in [0.25, 0.3) is 0 Å². The highest BCUT2D eigenvalue weighted by Gasteiger charge is 2.24. The van der Waals surface area contributed by atoms with Gasteiger partial charge >= 0.3 is 0 Å². The Morgan fingerprint density at radius 2 is 1.93 bits per heavy atom. The van der Waals surface area contributed by atoms with Crippen molar-refractivity contribution in [2.45, 2.75) is 26.4 Å². The highest BCUT2D eigenvalue weighted by molar-refractivity contribution is 9.10. The number of benzene rings is 1. The van der Waals surface area contributed by atoms with Gasteiger partial charge in [-0.15, -0.1) is 0 Å². The molecule has 0 bridgehead atoms. The minimum atomic E-state index is -0.890. The largest absolute Gasteiger partial charge is 0.496 e. The van der Waals surface area contributed by atoms with Crippen molar-refractivity contribution in [3.8, 4) is 5.75 Å². The van der Waals surface area contributed by atoms with Crippen LogP contribution >= 0.6 is 15.9 Å². The van der Waals surface area contributed by atoms with E-state index in [0.29, 0.717) is 0 Å². The predicted octanol–water partition coefficient (Wildman–Crippen LogP) is 2.99. The molecule has 3 heteroatoms. The summed E-state index contributed by atoms with van der Waals surface area (Å²) in [5, 5.41) is 10.0. The number of hydrogen-bond acceptors (Lipinski definition) is 2. The molecule has 0 amide bonds. The Labute approximate surface area is 93.0 Å². The van der Waals surface area contributed by atoms with Gasteiger partial charge in [-0.05, 0) is 38.5 Å². The van der Waals surface area contributed by atoms with Crippen molar-refractivity contribution in [3.05, 3.63) is 27.7 Å². The SMILES string of the molecule is COc1ccc(Br)c(C)c1C(C)(C)O.